The average molecular weight is 267 g/mol. The van der Waals surface area contributed by atoms with Gasteiger partial charge in [-0.3, -0.25) is 0 Å². The molecule has 0 heterocycles. The van der Waals surface area contributed by atoms with Crippen molar-refractivity contribution in [3.8, 4) is 11.1 Å². The van der Waals surface area contributed by atoms with E-state index in [1.165, 1.54) is 22.3 Å². The van der Waals surface area contributed by atoms with E-state index in [0.29, 0.717) is 6.04 Å². The van der Waals surface area contributed by atoms with Gasteiger partial charge in [0.15, 0.2) is 0 Å². The summed E-state index contributed by atoms with van der Waals surface area (Å²) in [5, 5.41) is 0. The van der Waals surface area contributed by atoms with Crippen LogP contribution in [0.5, 0.6) is 0 Å². The standard InChI is InChI=1S/C20H26/c1-19(2,3)17-12-16(15-10-8-7-9-11-15)13-18(14-17)20(4,5)6/h7-14H,1-6H3/i7D. The van der Waals surface area contributed by atoms with Gasteiger partial charge in [0.2, 0.25) is 0 Å². The van der Waals surface area contributed by atoms with Gasteiger partial charge in [0.05, 0.1) is 1.37 Å². The lowest BCUT2D eigenvalue weighted by atomic mass is 9.79. The third-order valence-corrected chi connectivity index (χ3v) is 3.72. The number of hydrogen-bond donors (Lipinski definition) is 0. The van der Waals surface area contributed by atoms with Gasteiger partial charge in [-0.2, -0.15) is 0 Å². The summed E-state index contributed by atoms with van der Waals surface area (Å²) in [7, 11) is 0. The molecule has 106 valence electrons. The zero-order valence-corrected chi connectivity index (χ0v) is 13.5. The first-order valence-corrected chi connectivity index (χ1v) is 7.30. The summed E-state index contributed by atoms with van der Waals surface area (Å²) >= 11 is 0. The van der Waals surface area contributed by atoms with E-state index in [-0.39, 0.29) is 10.8 Å². The Labute approximate surface area is 125 Å². The highest BCUT2D eigenvalue weighted by molar-refractivity contribution is 5.66. The largest absolute Gasteiger partial charge is 0.0623 e. The molecule has 0 saturated carbocycles. The van der Waals surface area contributed by atoms with Crippen molar-refractivity contribution in [2.75, 3.05) is 0 Å². The monoisotopic (exact) mass is 267 g/mol. The number of rotatable bonds is 1. The molecule has 0 radical (unpaired) electrons. The summed E-state index contributed by atoms with van der Waals surface area (Å²) in [4.78, 5) is 0. The van der Waals surface area contributed by atoms with Crippen LogP contribution in [0.2, 0.25) is 0 Å². The SMILES string of the molecule is [2H]c1ccc(-c2cc(C(C)(C)C)cc(C(C)(C)C)c2)cc1. The molecule has 0 bridgehead atoms. The maximum absolute atomic E-state index is 7.64. The minimum atomic E-state index is 0.130. The first-order chi connectivity index (χ1) is 9.57. The number of hydrogen-bond acceptors (Lipinski definition) is 0. The molecule has 0 nitrogen and oxygen atoms in total. The Bertz CT molecular complexity index is 590. The van der Waals surface area contributed by atoms with Gasteiger partial charge in [-0.05, 0) is 33.1 Å². The smallest absolute Gasteiger partial charge is 0.0622 e. The molecule has 0 aliphatic heterocycles. The number of benzene rings is 2. The molecule has 0 fully saturated rings. The van der Waals surface area contributed by atoms with Crippen molar-refractivity contribution < 1.29 is 1.37 Å². The molecule has 0 heteroatoms. The molecule has 2 rings (SSSR count). The van der Waals surface area contributed by atoms with Gasteiger partial charge in [-0.1, -0.05) is 90.0 Å². The molecular weight excluding hydrogens is 240 g/mol. The van der Waals surface area contributed by atoms with Crippen molar-refractivity contribution in [2.24, 2.45) is 0 Å². The van der Waals surface area contributed by atoms with Crippen LogP contribution in [0.25, 0.3) is 11.1 Å². The van der Waals surface area contributed by atoms with Crippen molar-refractivity contribution in [2.45, 2.75) is 52.4 Å². The van der Waals surface area contributed by atoms with E-state index in [0.717, 1.165) is 0 Å². The van der Waals surface area contributed by atoms with Gasteiger partial charge in [0.1, 0.15) is 0 Å². The lowest BCUT2D eigenvalue weighted by Gasteiger charge is -2.26. The first-order valence-electron chi connectivity index (χ1n) is 7.80. The lowest BCUT2D eigenvalue weighted by molar-refractivity contribution is 0.569. The van der Waals surface area contributed by atoms with Crippen molar-refractivity contribution in [1.82, 2.24) is 0 Å². The highest BCUT2D eigenvalue weighted by Gasteiger charge is 2.20. The van der Waals surface area contributed by atoms with Crippen LogP contribution >= 0.6 is 0 Å². The van der Waals surface area contributed by atoms with E-state index >= 15 is 0 Å². The Morgan fingerprint density at radius 1 is 0.700 bits per heavy atom. The Morgan fingerprint density at radius 2 is 1.15 bits per heavy atom. The van der Waals surface area contributed by atoms with Gasteiger partial charge in [-0.25, -0.2) is 0 Å². The first kappa shape index (κ1) is 13.4. The molecule has 0 saturated heterocycles. The van der Waals surface area contributed by atoms with Crippen LogP contribution in [0.4, 0.5) is 0 Å². The van der Waals surface area contributed by atoms with Crippen molar-refractivity contribution in [3.63, 3.8) is 0 Å². The minimum Gasteiger partial charge on any atom is -0.0622 e. The molecule has 0 N–H and O–H groups in total. The maximum atomic E-state index is 7.64. The van der Waals surface area contributed by atoms with Gasteiger partial charge in [0, 0.05) is 0 Å². The lowest BCUT2D eigenvalue weighted by Crippen LogP contribution is -2.16. The van der Waals surface area contributed by atoms with Gasteiger partial charge < -0.3 is 0 Å². The zero-order chi connectivity index (χ0) is 15.8. The summed E-state index contributed by atoms with van der Waals surface area (Å²) in [6.07, 6.45) is 0. The van der Waals surface area contributed by atoms with Gasteiger partial charge >= 0.3 is 0 Å². The quantitative estimate of drug-likeness (QED) is 0.599. The van der Waals surface area contributed by atoms with Crippen molar-refractivity contribution in [1.29, 1.82) is 0 Å². The van der Waals surface area contributed by atoms with E-state index in [2.05, 4.69) is 59.7 Å². The van der Waals surface area contributed by atoms with Gasteiger partial charge in [0.25, 0.3) is 0 Å². The Kier molecular flexibility index (Phi) is 3.41. The highest BCUT2D eigenvalue weighted by atomic mass is 14.2. The molecule has 2 aromatic carbocycles. The van der Waals surface area contributed by atoms with Crippen LogP contribution in [0.1, 0.15) is 54.0 Å². The summed E-state index contributed by atoms with van der Waals surface area (Å²) in [6, 6.07) is 15.3. The normalized spacial score (nSPS) is 13.2. The third kappa shape index (κ3) is 3.30. The molecule has 0 aromatic heterocycles. The van der Waals surface area contributed by atoms with Crippen molar-refractivity contribution in [3.05, 3.63) is 59.6 Å². The fraction of sp³-hybridized carbons (Fsp3) is 0.400. The summed E-state index contributed by atoms with van der Waals surface area (Å²) in [5.74, 6) is 0. The zero-order valence-electron chi connectivity index (χ0n) is 14.5. The maximum Gasteiger partial charge on any atom is 0.0623 e. The summed E-state index contributed by atoms with van der Waals surface area (Å²) in [6.45, 7) is 13.5. The molecule has 0 amide bonds. The second kappa shape index (κ2) is 5.09. The molecule has 0 unspecified atom stereocenters. The van der Waals surface area contributed by atoms with Crippen LogP contribution in [0, 0.1) is 0 Å². The summed E-state index contributed by atoms with van der Waals surface area (Å²) in [5.41, 5.74) is 5.41. The Morgan fingerprint density at radius 3 is 1.55 bits per heavy atom. The fourth-order valence-electron chi connectivity index (χ4n) is 2.24. The third-order valence-electron chi connectivity index (χ3n) is 3.72. The second-order valence-corrected chi connectivity index (χ2v) is 7.59. The van der Waals surface area contributed by atoms with Crippen LogP contribution in [-0.4, -0.2) is 0 Å². The van der Waals surface area contributed by atoms with E-state index in [4.69, 9.17) is 1.37 Å². The molecule has 0 spiro atoms. The van der Waals surface area contributed by atoms with Crippen LogP contribution in [-0.2, 0) is 10.8 Å². The molecule has 0 aliphatic carbocycles. The van der Waals surface area contributed by atoms with E-state index < -0.39 is 0 Å². The van der Waals surface area contributed by atoms with E-state index in [1.54, 1.807) is 0 Å². The summed E-state index contributed by atoms with van der Waals surface area (Å²) < 4.78 is 7.64. The van der Waals surface area contributed by atoms with Crippen LogP contribution in [0.15, 0.2) is 48.5 Å². The second-order valence-electron chi connectivity index (χ2n) is 7.59. The predicted octanol–water partition coefficient (Wildman–Crippen LogP) is 5.95. The Balaban J connectivity index is 2.63. The molecule has 0 aliphatic rings. The van der Waals surface area contributed by atoms with Gasteiger partial charge in [-0.15, -0.1) is 0 Å². The average Bonchev–Trinajstić information content (AvgIpc) is 2.37. The minimum absolute atomic E-state index is 0.130. The van der Waals surface area contributed by atoms with Crippen LogP contribution < -0.4 is 0 Å². The fourth-order valence-corrected chi connectivity index (χ4v) is 2.24. The topological polar surface area (TPSA) is 0 Å². The molecular formula is C20H26. The molecule has 0 atom stereocenters. The van der Waals surface area contributed by atoms with E-state index in [9.17, 15) is 0 Å². The van der Waals surface area contributed by atoms with Crippen LogP contribution in [0.3, 0.4) is 0 Å². The van der Waals surface area contributed by atoms with E-state index in [1.807, 2.05) is 24.3 Å². The molecule has 2 aromatic rings. The highest BCUT2D eigenvalue weighted by Crippen LogP contribution is 2.33. The molecule has 20 heavy (non-hydrogen) atoms. The predicted molar refractivity (Wildman–Crippen MR) is 89.3 cm³/mol. The van der Waals surface area contributed by atoms with Crippen molar-refractivity contribution >= 4 is 0 Å². The Hall–Kier alpha value is -1.56.